The maximum Gasteiger partial charge on any atom is 0.254 e. The molecule has 0 heterocycles. The van der Waals surface area contributed by atoms with Crippen LogP contribution in [0.25, 0.3) is 11.1 Å². The second-order valence-corrected chi connectivity index (χ2v) is 5.27. The lowest BCUT2D eigenvalue weighted by Crippen LogP contribution is -2.32. The Morgan fingerprint density at radius 2 is 1.75 bits per heavy atom. The monoisotopic (exact) mass is 265 g/mol. The summed E-state index contributed by atoms with van der Waals surface area (Å²) in [5, 5.41) is 0. The molecule has 0 bridgehead atoms. The minimum absolute atomic E-state index is 0.160. The topological polar surface area (TPSA) is 20.3 Å². The van der Waals surface area contributed by atoms with Gasteiger partial charge in [0.2, 0.25) is 0 Å². The molecule has 1 aliphatic rings. The van der Waals surface area contributed by atoms with Crippen LogP contribution in [-0.4, -0.2) is 23.4 Å². The van der Waals surface area contributed by atoms with Crippen molar-refractivity contribution in [1.29, 1.82) is 0 Å². The molecule has 0 atom stereocenters. The molecule has 2 heteroatoms. The predicted octanol–water partition coefficient (Wildman–Crippen LogP) is 3.98. The summed E-state index contributed by atoms with van der Waals surface area (Å²) in [6, 6.07) is 18.6. The average molecular weight is 265 g/mol. The van der Waals surface area contributed by atoms with Crippen LogP contribution in [0.3, 0.4) is 0 Å². The first-order valence-electron chi connectivity index (χ1n) is 7.26. The van der Waals surface area contributed by atoms with Crippen molar-refractivity contribution in [2.45, 2.75) is 25.8 Å². The molecule has 1 fully saturated rings. The molecular weight excluding hydrogens is 246 g/mol. The number of carbonyl (C=O) groups excluding carboxylic acids is 1. The average Bonchev–Trinajstić information content (AvgIpc) is 3.34. The summed E-state index contributed by atoms with van der Waals surface area (Å²) in [7, 11) is 0. The number of hydrogen-bond acceptors (Lipinski definition) is 1. The van der Waals surface area contributed by atoms with Gasteiger partial charge in [-0.3, -0.25) is 4.79 Å². The Kier molecular flexibility index (Phi) is 3.55. The van der Waals surface area contributed by atoms with Gasteiger partial charge in [-0.15, -0.1) is 0 Å². The van der Waals surface area contributed by atoms with Crippen LogP contribution < -0.4 is 0 Å². The minimum Gasteiger partial charge on any atom is -0.336 e. The number of carbonyl (C=O) groups is 1. The number of nitrogens with zero attached hydrogens (tertiary/aromatic N) is 1. The SMILES string of the molecule is CCN(C(=O)c1cccc(-c2ccccc2)c1)C1CC1. The molecule has 2 aromatic carbocycles. The van der Waals surface area contributed by atoms with E-state index in [2.05, 4.69) is 25.1 Å². The molecule has 1 saturated carbocycles. The third-order valence-corrected chi connectivity index (χ3v) is 3.81. The van der Waals surface area contributed by atoms with E-state index in [1.54, 1.807) is 0 Å². The molecule has 102 valence electrons. The molecule has 0 saturated heterocycles. The molecule has 20 heavy (non-hydrogen) atoms. The Hall–Kier alpha value is -2.09. The van der Waals surface area contributed by atoms with Gasteiger partial charge in [-0.05, 0) is 43.0 Å². The molecule has 0 spiro atoms. The lowest BCUT2D eigenvalue weighted by molar-refractivity contribution is 0.0752. The Morgan fingerprint density at radius 3 is 2.40 bits per heavy atom. The van der Waals surface area contributed by atoms with Crippen molar-refractivity contribution >= 4 is 5.91 Å². The van der Waals surface area contributed by atoms with Crippen LogP contribution in [0.15, 0.2) is 54.6 Å². The van der Waals surface area contributed by atoms with Gasteiger partial charge in [-0.25, -0.2) is 0 Å². The van der Waals surface area contributed by atoms with Gasteiger partial charge in [-0.2, -0.15) is 0 Å². The standard InChI is InChI=1S/C18H19NO/c1-2-19(17-11-12-17)18(20)16-10-6-9-15(13-16)14-7-4-3-5-8-14/h3-10,13,17H,2,11-12H2,1H3. The van der Waals surface area contributed by atoms with E-state index in [4.69, 9.17) is 0 Å². The van der Waals surface area contributed by atoms with Crippen LogP contribution in [0.4, 0.5) is 0 Å². The summed E-state index contributed by atoms with van der Waals surface area (Å²) in [6.07, 6.45) is 2.30. The number of amides is 1. The van der Waals surface area contributed by atoms with Gasteiger partial charge in [0.15, 0.2) is 0 Å². The largest absolute Gasteiger partial charge is 0.336 e. The molecule has 0 aromatic heterocycles. The quantitative estimate of drug-likeness (QED) is 0.819. The zero-order valence-corrected chi connectivity index (χ0v) is 11.8. The van der Waals surface area contributed by atoms with Crippen LogP contribution >= 0.6 is 0 Å². The zero-order valence-electron chi connectivity index (χ0n) is 11.8. The van der Waals surface area contributed by atoms with Gasteiger partial charge in [0, 0.05) is 18.2 Å². The fourth-order valence-corrected chi connectivity index (χ4v) is 2.58. The van der Waals surface area contributed by atoms with Crippen molar-refractivity contribution in [2.24, 2.45) is 0 Å². The second-order valence-electron chi connectivity index (χ2n) is 5.27. The molecule has 0 aliphatic heterocycles. The summed E-state index contributed by atoms with van der Waals surface area (Å²) in [5.41, 5.74) is 3.04. The van der Waals surface area contributed by atoms with Crippen LogP contribution in [0.2, 0.25) is 0 Å². The fraction of sp³-hybridized carbons (Fsp3) is 0.278. The van der Waals surface area contributed by atoms with Crippen LogP contribution in [-0.2, 0) is 0 Å². The maximum atomic E-state index is 12.6. The third kappa shape index (κ3) is 2.60. The van der Waals surface area contributed by atoms with Gasteiger partial charge < -0.3 is 4.90 Å². The van der Waals surface area contributed by atoms with E-state index in [1.807, 2.05) is 41.3 Å². The fourth-order valence-electron chi connectivity index (χ4n) is 2.58. The molecule has 0 radical (unpaired) electrons. The Bertz CT molecular complexity index is 602. The van der Waals surface area contributed by atoms with Crippen LogP contribution in [0.1, 0.15) is 30.1 Å². The lowest BCUT2D eigenvalue weighted by Gasteiger charge is -2.20. The second kappa shape index (κ2) is 5.49. The summed E-state index contributed by atoms with van der Waals surface area (Å²) in [5.74, 6) is 0.160. The number of benzene rings is 2. The van der Waals surface area contributed by atoms with E-state index in [1.165, 1.54) is 0 Å². The molecule has 1 amide bonds. The molecule has 0 unspecified atom stereocenters. The van der Waals surface area contributed by atoms with E-state index in [-0.39, 0.29) is 5.91 Å². The van der Waals surface area contributed by atoms with Crippen molar-refractivity contribution < 1.29 is 4.79 Å². The summed E-state index contributed by atoms with van der Waals surface area (Å²) < 4.78 is 0. The predicted molar refractivity (Wildman–Crippen MR) is 81.6 cm³/mol. The van der Waals surface area contributed by atoms with E-state index in [0.717, 1.165) is 36.1 Å². The van der Waals surface area contributed by atoms with Gasteiger partial charge in [0.25, 0.3) is 5.91 Å². The normalized spacial score (nSPS) is 14.1. The smallest absolute Gasteiger partial charge is 0.254 e. The first kappa shape index (κ1) is 12.9. The number of hydrogen-bond donors (Lipinski definition) is 0. The lowest BCUT2D eigenvalue weighted by atomic mass is 10.0. The molecule has 2 nitrogen and oxygen atoms in total. The number of rotatable bonds is 4. The van der Waals surface area contributed by atoms with Gasteiger partial charge in [0.1, 0.15) is 0 Å². The minimum atomic E-state index is 0.160. The zero-order chi connectivity index (χ0) is 13.9. The van der Waals surface area contributed by atoms with E-state index >= 15 is 0 Å². The van der Waals surface area contributed by atoms with E-state index in [0.29, 0.717) is 6.04 Å². The Morgan fingerprint density at radius 1 is 1.05 bits per heavy atom. The van der Waals surface area contributed by atoms with Gasteiger partial charge in [0.05, 0.1) is 0 Å². The molecule has 0 N–H and O–H groups in total. The van der Waals surface area contributed by atoms with Crippen LogP contribution in [0, 0.1) is 0 Å². The summed E-state index contributed by atoms with van der Waals surface area (Å²) >= 11 is 0. The van der Waals surface area contributed by atoms with Crippen molar-refractivity contribution in [3.63, 3.8) is 0 Å². The summed E-state index contributed by atoms with van der Waals surface area (Å²) in [4.78, 5) is 14.6. The van der Waals surface area contributed by atoms with Crippen molar-refractivity contribution in [1.82, 2.24) is 4.90 Å². The molecule has 2 aromatic rings. The van der Waals surface area contributed by atoms with Gasteiger partial charge in [-0.1, -0.05) is 42.5 Å². The first-order valence-corrected chi connectivity index (χ1v) is 7.26. The molecule has 1 aliphatic carbocycles. The maximum absolute atomic E-state index is 12.6. The highest BCUT2D eigenvalue weighted by Gasteiger charge is 2.31. The highest BCUT2D eigenvalue weighted by Crippen LogP contribution is 2.28. The Balaban J connectivity index is 1.89. The molecular formula is C18H19NO. The van der Waals surface area contributed by atoms with E-state index < -0.39 is 0 Å². The van der Waals surface area contributed by atoms with Crippen molar-refractivity contribution in [3.05, 3.63) is 60.2 Å². The first-order chi connectivity index (χ1) is 9.79. The van der Waals surface area contributed by atoms with E-state index in [9.17, 15) is 4.79 Å². The summed E-state index contributed by atoms with van der Waals surface area (Å²) in [6.45, 7) is 2.84. The van der Waals surface area contributed by atoms with Gasteiger partial charge >= 0.3 is 0 Å². The van der Waals surface area contributed by atoms with Crippen molar-refractivity contribution in [3.8, 4) is 11.1 Å². The van der Waals surface area contributed by atoms with Crippen LogP contribution in [0.5, 0.6) is 0 Å². The Labute approximate surface area is 120 Å². The highest BCUT2D eigenvalue weighted by atomic mass is 16.2. The molecule has 3 rings (SSSR count). The van der Waals surface area contributed by atoms with Crippen molar-refractivity contribution in [2.75, 3.05) is 6.54 Å². The highest BCUT2D eigenvalue weighted by molar-refractivity contribution is 5.95. The third-order valence-electron chi connectivity index (χ3n) is 3.81.